The number of benzene rings is 3. The molecule has 2 atom stereocenters. The molecular weight excluding hydrogens is 840 g/mol. The minimum absolute atomic E-state index is 0.0689. The van der Waals surface area contributed by atoms with Gasteiger partial charge in [0.15, 0.2) is 11.6 Å². The van der Waals surface area contributed by atoms with Crippen LogP contribution in [0.5, 0.6) is 28.9 Å². The fourth-order valence-electron chi connectivity index (χ4n) is 7.82. The number of para-hydroxylation sites is 1. The topological polar surface area (TPSA) is 141 Å². The quantitative estimate of drug-likeness (QED) is 0.149. The summed E-state index contributed by atoms with van der Waals surface area (Å²) in [6.07, 6.45) is 1.77. The molecule has 0 unspecified atom stereocenters. The molecular formula is C45H46Cl2N6O7S. The van der Waals surface area contributed by atoms with Crippen LogP contribution in [0.3, 0.4) is 0 Å². The molecule has 0 spiro atoms. The Labute approximate surface area is 368 Å². The lowest BCUT2D eigenvalue weighted by molar-refractivity contribution is -0.145. The Morgan fingerprint density at radius 1 is 0.967 bits per heavy atom. The predicted octanol–water partition coefficient (Wildman–Crippen LogP) is 8.35. The Kier molecular flexibility index (Phi) is 12.8. The third-order valence-corrected chi connectivity index (χ3v) is 13.2. The summed E-state index contributed by atoms with van der Waals surface area (Å²) in [5.74, 6) is 1.38. The number of thiophene rings is 1. The normalized spacial score (nSPS) is 17.3. The van der Waals surface area contributed by atoms with Crippen LogP contribution >= 0.6 is 34.5 Å². The summed E-state index contributed by atoms with van der Waals surface area (Å²) in [7, 11) is 3.72. The predicted molar refractivity (Wildman–Crippen MR) is 236 cm³/mol. The number of hydrogen-bond donors (Lipinski definition) is 1. The second-order valence-corrected chi connectivity index (χ2v) is 17.0. The average Bonchev–Trinajstić information content (AvgIpc) is 3.65. The third-order valence-electron chi connectivity index (χ3n) is 11.1. The summed E-state index contributed by atoms with van der Waals surface area (Å²) in [6, 6.07) is 14.6. The molecule has 6 heterocycles. The van der Waals surface area contributed by atoms with Crippen molar-refractivity contribution < 1.29 is 33.6 Å². The Bertz CT molecular complexity index is 2550. The van der Waals surface area contributed by atoms with Gasteiger partial charge in [0.25, 0.3) is 0 Å². The van der Waals surface area contributed by atoms with E-state index in [-0.39, 0.29) is 25.5 Å². The van der Waals surface area contributed by atoms with E-state index in [4.69, 9.17) is 51.9 Å². The van der Waals surface area contributed by atoms with Crippen molar-refractivity contribution in [3.63, 3.8) is 0 Å². The van der Waals surface area contributed by atoms with Gasteiger partial charge < -0.3 is 33.7 Å². The number of aryl methyl sites for hydroxylation is 1. The highest BCUT2D eigenvalue weighted by atomic mass is 35.5. The number of ether oxygens (including phenoxy) is 5. The Morgan fingerprint density at radius 3 is 2.48 bits per heavy atom. The van der Waals surface area contributed by atoms with Crippen molar-refractivity contribution in [1.82, 2.24) is 29.7 Å². The number of carboxylic acids is 1. The van der Waals surface area contributed by atoms with Gasteiger partial charge in [-0.05, 0) is 80.4 Å². The van der Waals surface area contributed by atoms with Gasteiger partial charge in [-0.3, -0.25) is 4.90 Å². The molecule has 61 heavy (non-hydrogen) atoms. The van der Waals surface area contributed by atoms with Crippen LogP contribution in [0.4, 0.5) is 0 Å². The third kappa shape index (κ3) is 8.91. The SMILES string of the molecule is CCc1sc2ncnc3c2c1-c1c(C)c(Cl)c(c(Cl)c1C)O[C@H](CN1CCN(C)CC1)COc1ccc(OCc2ccnc(-c4ccccc4OC)n2)c(c1)C[C@H](C(=O)O)O3. The number of halogens is 2. The highest BCUT2D eigenvalue weighted by Crippen LogP contribution is 2.50. The number of aliphatic carboxylic acids is 1. The minimum atomic E-state index is -1.38. The average molecular weight is 886 g/mol. The van der Waals surface area contributed by atoms with Crippen molar-refractivity contribution >= 4 is 50.7 Å². The highest BCUT2D eigenvalue weighted by molar-refractivity contribution is 7.19. The summed E-state index contributed by atoms with van der Waals surface area (Å²) in [5.41, 5.74) is 5.01. The number of carboxylic acid groups (broad SMARTS) is 1. The first kappa shape index (κ1) is 42.4. The van der Waals surface area contributed by atoms with E-state index in [9.17, 15) is 9.90 Å². The maximum Gasteiger partial charge on any atom is 0.345 e. The number of likely N-dealkylation sites (N-methyl/N-ethyl adjacent to an activating group) is 1. The van der Waals surface area contributed by atoms with E-state index >= 15 is 0 Å². The minimum Gasteiger partial charge on any atom is -0.496 e. The van der Waals surface area contributed by atoms with Crippen LogP contribution in [-0.4, -0.2) is 107 Å². The summed E-state index contributed by atoms with van der Waals surface area (Å²) in [5, 5.41) is 12.1. The molecule has 16 heteroatoms. The fourth-order valence-corrected chi connectivity index (χ4v) is 9.41. The molecule has 0 aliphatic carbocycles. The van der Waals surface area contributed by atoms with Crippen LogP contribution in [0.15, 0.2) is 61.1 Å². The molecule has 318 valence electrons. The number of aromatic nitrogens is 4. The van der Waals surface area contributed by atoms with Gasteiger partial charge in [0, 0.05) is 61.3 Å². The molecule has 1 N–H and O–H groups in total. The Balaban J connectivity index is 1.21. The van der Waals surface area contributed by atoms with Gasteiger partial charge in [-0.25, -0.2) is 24.7 Å². The van der Waals surface area contributed by atoms with E-state index in [1.807, 2.05) is 38.1 Å². The molecule has 9 rings (SSSR count). The molecule has 1 fully saturated rings. The van der Waals surface area contributed by atoms with Gasteiger partial charge in [-0.1, -0.05) is 42.3 Å². The van der Waals surface area contributed by atoms with Crippen molar-refractivity contribution in [1.29, 1.82) is 0 Å². The maximum atomic E-state index is 13.2. The van der Waals surface area contributed by atoms with Crippen molar-refractivity contribution in [2.24, 2.45) is 0 Å². The van der Waals surface area contributed by atoms with Crippen LogP contribution in [-0.2, 0) is 24.2 Å². The highest BCUT2D eigenvalue weighted by Gasteiger charge is 2.31. The standard InChI is InChI=1S/C45H46Cl2N6O7S/c1-6-35-37-36-25(2)39(46)41(40(47)26(36)3)59-30(21-53-17-15-52(4)16-18-53)23-57-29-11-12-32(58-22-28-13-14-48-42(51-28)31-9-7-8-10-33(31)56-5)27(19-29)20-34(45(54)55)60-43-38(37)44(61-35)50-24-49-43/h7-14,19,24,30,34H,6,15-18,20-23H2,1-5H3,(H,54,55)/t30-,34-/m1/s1. The van der Waals surface area contributed by atoms with E-state index in [1.54, 1.807) is 37.6 Å². The van der Waals surface area contributed by atoms with Crippen molar-refractivity contribution in [2.75, 3.05) is 53.5 Å². The zero-order chi connectivity index (χ0) is 42.8. The van der Waals surface area contributed by atoms with Gasteiger partial charge in [0.2, 0.25) is 12.0 Å². The Morgan fingerprint density at radius 2 is 1.74 bits per heavy atom. The van der Waals surface area contributed by atoms with Gasteiger partial charge >= 0.3 is 5.97 Å². The van der Waals surface area contributed by atoms with Crippen molar-refractivity contribution in [3.05, 3.63) is 98.4 Å². The summed E-state index contributed by atoms with van der Waals surface area (Å²) >= 11 is 16.0. The van der Waals surface area contributed by atoms with E-state index in [2.05, 4.69) is 38.7 Å². The van der Waals surface area contributed by atoms with Crippen LogP contribution in [0.1, 0.15) is 34.2 Å². The van der Waals surface area contributed by atoms with Crippen LogP contribution in [0.25, 0.3) is 32.7 Å². The molecule has 0 saturated carbocycles. The fraction of sp³-hybridized carbons (Fsp3) is 0.356. The largest absolute Gasteiger partial charge is 0.496 e. The van der Waals surface area contributed by atoms with E-state index in [1.165, 1.54) is 17.7 Å². The van der Waals surface area contributed by atoms with Crippen LogP contribution in [0.2, 0.25) is 10.0 Å². The lowest BCUT2D eigenvalue weighted by Gasteiger charge is -2.35. The molecule has 0 radical (unpaired) electrons. The van der Waals surface area contributed by atoms with Crippen molar-refractivity contribution in [2.45, 2.75) is 52.4 Å². The second kappa shape index (κ2) is 18.4. The lowest BCUT2D eigenvalue weighted by Crippen LogP contribution is -2.49. The molecule has 3 aliphatic rings. The van der Waals surface area contributed by atoms with Crippen LogP contribution in [0, 0.1) is 13.8 Å². The number of methoxy groups -OCH3 is 1. The number of hydrogen-bond acceptors (Lipinski definition) is 13. The monoisotopic (exact) mass is 884 g/mol. The molecule has 3 aromatic carbocycles. The van der Waals surface area contributed by atoms with Gasteiger partial charge in [-0.2, -0.15) is 0 Å². The molecule has 3 aromatic heterocycles. The molecule has 4 bridgehead atoms. The zero-order valence-electron chi connectivity index (χ0n) is 34.5. The number of piperazine rings is 1. The molecule has 1 saturated heterocycles. The molecule has 13 nitrogen and oxygen atoms in total. The second-order valence-electron chi connectivity index (χ2n) is 15.1. The first-order valence-electron chi connectivity index (χ1n) is 20.1. The number of fused-ring (bicyclic) bond motifs is 7. The molecule has 0 amide bonds. The first-order valence-corrected chi connectivity index (χ1v) is 21.7. The smallest absolute Gasteiger partial charge is 0.345 e. The molecule has 6 aromatic rings. The molecule has 3 aliphatic heterocycles. The maximum absolute atomic E-state index is 13.2. The number of carbonyl (C=O) groups is 1. The van der Waals surface area contributed by atoms with E-state index in [0.717, 1.165) is 58.9 Å². The summed E-state index contributed by atoms with van der Waals surface area (Å²) in [4.78, 5) is 37.8. The summed E-state index contributed by atoms with van der Waals surface area (Å²) < 4.78 is 31.7. The first-order chi connectivity index (χ1) is 29.5. The lowest BCUT2D eigenvalue weighted by atomic mass is 9.93. The van der Waals surface area contributed by atoms with E-state index < -0.39 is 18.2 Å². The van der Waals surface area contributed by atoms with E-state index in [0.29, 0.717) is 73.3 Å². The number of nitrogens with zero attached hydrogens (tertiary/aromatic N) is 6. The number of rotatable bonds is 9. The summed E-state index contributed by atoms with van der Waals surface area (Å²) in [6.45, 7) is 10.3. The van der Waals surface area contributed by atoms with Crippen LogP contribution < -0.4 is 23.7 Å². The Hall–Kier alpha value is -5.25. The van der Waals surface area contributed by atoms with Gasteiger partial charge in [0.05, 0.1) is 33.8 Å². The van der Waals surface area contributed by atoms with Gasteiger partial charge in [-0.15, -0.1) is 11.3 Å². The zero-order valence-corrected chi connectivity index (χ0v) is 36.9. The van der Waals surface area contributed by atoms with Gasteiger partial charge in [0.1, 0.15) is 47.7 Å². The van der Waals surface area contributed by atoms with Crippen molar-refractivity contribution in [3.8, 4) is 51.4 Å².